The Labute approximate surface area is 194 Å². The number of benzene rings is 2. The predicted molar refractivity (Wildman–Crippen MR) is 126 cm³/mol. The molecule has 32 heavy (non-hydrogen) atoms. The SMILES string of the molecule is Cc1cc(Cl)cc2sc(N(CCCN3CCOCC3)C(=O)c3cccc([N+](=O)[O-])c3)nc12. The number of non-ortho nitro benzene ring substituents is 1. The molecule has 168 valence electrons. The summed E-state index contributed by atoms with van der Waals surface area (Å²) in [7, 11) is 0. The van der Waals surface area contributed by atoms with E-state index in [9.17, 15) is 14.9 Å². The van der Waals surface area contributed by atoms with Crippen molar-refractivity contribution in [1.82, 2.24) is 9.88 Å². The number of rotatable bonds is 7. The molecule has 2 aromatic carbocycles. The summed E-state index contributed by atoms with van der Waals surface area (Å²) >= 11 is 7.60. The van der Waals surface area contributed by atoms with Gasteiger partial charge in [-0.2, -0.15) is 0 Å². The summed E-state index contributed by atoms with van der Waals surface area (Å²) in [5.41, 5.74) is 1.89. The second-order valence-corrected chi connectivity index (χ2v) is 9.08. The number of hydrogen-bond donors (Lipinski definition) is 0. The van der Waals surface area contributed by atoms with Crippen LogP contribution in [-0.2, 0) is 4.74 Å². The number of morpholine rings is 1. The molecule has 1 aliphatic heterocycles. The molecule has 1 amide bonds. The molecule has 1 aliphatic rings. The summed E-state index contributed by atoms with van der Waals surface area (Å²) in [5.74, 6) is -0.307. The van der Waals surface area contributed by atoms with Crippen LogP contribution in [0, 0.1) is 17.0 Å². The van der Waals surface area contributed by atoms with Crippen molar-refractivity contribution >= 4 is 49.9 Å². The summed E-state index contributed by atoms with van der Waals surface area (Å²) in [6.07, 6.45) is 0.746. The lowest BCUT2D eigenvalue weighted by Gasteiger charge is -2.27. The number of amides is 1. The Morgan fingerprint density at radius 3 is 2.84 bits per heavy atom. The zero-order valence-electron chi connectivity index (χ0n) is 17.6. The smallest absolute Gasteiger partial charge is 0.270 e. The highest BCUT2D eigenvalue weighted by atomic mass is 35.5. The Kier molecular flexibility index (Phi) is 7.00. The Balaban J connectivity index is 1.63. The van der Waals surface area contributed by atoms with Crippen molar-refractivity contribution < 1.29 is 14.5 Å². The van der Waals surface area contributed by atoms with Gasteiger partial charge in [-0.1, -0.05) is 29.0 Å². The zero-order valence-corrected chi connectivity index (χ0v) is 19.2. The van der Waals surface area contributed by atoms with Gasteiger partial charge in [0.1, 0.15) is 0 Å². The number of anilines is 1. The van der Waals surface area contributed by atoms with Crippen molar-refractivity contribution in [1.29, 1.82) is 0 Å². The van der Waals surface area contributed by atoms with Gasteiger partial charge in [-0.3, -0.25) is 24.7 Å². The van der Waals surface area contributed by atoms with Crippen LogP contribution in [0.25, 0.3) is 10.2 Å². The van der Waals surface area contributed by atoms with E-state index in [1.54, 1.807) is 11.0 Å². The van der Waals surface area contributed by atoms with E-state index in [2.05, 4.69) is 4.90 Å². The van der Waals surface area contributed by atoms with E-state index in [4.69, 9.17) is 21.3 Å². The van der Waals surface area contributed by atoms with Gasteiger partial charge in [0.05, 0.1) is 28.4 Å². The third-order valence-corrected chi connectivity index (χ3v) is 6.62. The Bertz CT molecular complexity index is 1150. The fraction of sp³-hybridized carbons (Fsp3) is 0.364. The molecule has 1 aromatic heterocycles. The number of thiazole rings is 1. The summed E-state index contributed by atoms with van der Waals surface area (Å²) in [5, 5.41) is 12.4. The molecule has 0 saturated carbocycles. The topological polar surface area (TPSA) is 88.8 Å². The van der Waals surface area contributed by atoms with Gasteiger partial charge < -0.3 is 4.74 Å². The minimum atomic E-state index is -0.497. The second kappa shape index (κ2) is 9.91. The lowest BCUT2D eigenvalue weighted by atomic mass is 10.1. The molecule has 1 saturated heterocycles. The van der Waals surface area contributed by atoms with Gasteiger partial charge in [0.2, 0.25) is 0 Å². The molecule has 0 N–H and O–H groups in total. The molecule has 1 fully saturated rings. The van der Waals surface area contributed by atoms with Crippen LogP contribution in [-0.4, -0.2) is 60.1 Å². The van der Waals surface area contributed by atoms with Gasteiger partial charge in [0.15, 0.2) is 5.13 Å². The van der Waals surface area contributed by atoms with Crippen molar-refractivity contribution in [2.45, 2.75) is 13.3 Å². The number of ether oxygens (including phenoxy) is 1. The van der Waals surface area contributed by atoms with Crippen LogP contribution in [0.1, 0.15) is 22.3 Å². The van der Waals surface area contributed by atoms with Crippen molar-refractivity contribution in [3.8, 4) is 0 Å². The first-order valence-corrected chi connectivity index (χ1v) is 11.5. The standard InChI is InChI=1S/C22H23ClN4O4S/c1-15-12-17(23)14-19-20(15)24-22(32-19)26(7-3-6-25-8-10-31-11-9-25)21(28)16-4-2-5-18(13-16)27(29)30/h2,4-5,12-14H,3,6-11H2,1H3. The van der Waals surface area contributed by atoms with Crippen molar-refractivity contribution in [2.75, 3.05) is 44.3 Å². The number of aromatic nitrogens is 1. The molecule has 0 radical (unpaired) electrons. The van der Waals surface area contributed by atoms with Crippen LogP contribution in [0.2, 0.25) is 5.02 Å². The first-order chi connectivity index (χ1) is 15.4. The zero-order chi connectivity index (χ0) is 22.7. The summed E-state index contributed by atoms with van der Waals surface area (Å²) in [4.78, 5) is 32.8. The number of nitro groups is 1. The van der Waals surface area contributed by atoms with Crippen LogP contribution in [0.4, 0.5) is 10.8 Å². The molecule has 3 aromatic rings. The summed E-state index contributed by atoms with van der Waals surface area (Å²) < 4.78 is 6.30. The molecule has 0 bridgehead atoms. The van der Waals surface area contributed by atoms with E-state index < -0.39 is 4.92 Å². The maximum atomic E-state index is 13.4. The summed E-state index contributed by atoms with van der Waals surface area (Å²) in [6.45, 7) is 6.39. The second-order valence-electron chi connectivity index (χ2n) is 7.64. The number of fused-ring (bicyclic) bond motifs is 1. The number of aryl methyl sites for hydroxylation is 1. The number of carbonyl (C=O) groups excluding carboxylic acids is 1. The molecule has 0 spiro atoms. The van der Waals surface area contributed by atoms with Crippen LogP contribution < -0.4 is 4.90 Å². The number of halogens is 1. The van der Waals surface area contributed by atoms with Crippen molar-refractivity contribution in [2.24, 2.45) is 0 Å². The van der Waals surface area contributed by atoms with Crippen LogP contribution in [0.5, 0.6) is 0 Å². The molecular formula is C22H23ClN4O4S. The molecule has 2 heterocycles. The highest BCUT2D eigenvalue weighted by molar-refractivity contribution is 7.22. The van der Waals surface area contributed by atoms with Gasteiger partial charge in [0, 0.05) is 48.9 Å². The normalized spacial score (nSPS) is 14.6. The van der Waals surface area contributed by atoms with Crippen molar-refractivity contribution in [3.63, 3.8) is 0 Å². The highest BCUT2D eigenvalue weighted by Gasteiger charge is 2.24. The largest absolute Gasteiger partial charge is 0.379 e. The van der Waals surface area contributed by atoms with E-state index in [0.717, 1.165) is 41.8 Å². The number of nitro benzene ring substituents is 1. The van der Waals surface area contributed by atoms with Gasteiger partial charge in [0.25, 0.3) is 11.6 Å². The Hall–Kier alpha value is -2.59. The van der Waals surface area contributed by atoms with Crippen LogP contribution >= 0.6 is 22.9 Å². The maximum absolute atomic E-state index is 13.4. The average molecular weight is 475 g/mol. The Morgan fingerprint density at radius 2 is 2.09 bits per heavy atom. The first-order valence-electron chi connectivity index (χ1n) is 10.4. The van der Waals surface area contributed by atoms with E-state index in [1.807, 2.05) is 19.1 Å². The molecule has 0 atom stereocenters. The lowest BCUT2D eigenvalue weighted by Crippen LogP contribution is -2.39. The monoisotopic (exact) mass is 474 g/mol. The molecule has 4 rings (SSSR count). The van der Waals surface area contributed by atoms with E-state index in [0.29, 0.717) is 29.9 Å². The van der Waals surface area contributed by atoms with E-state index in [1.165, 1.54) is 29.5 Å². The molecule has 0 aliphatic carbocycles. The predicted octanol–water partition coefficient (Wildman–Crippen LogP) is 4.54. The van der Waals surface area contributed by atoms with Gasteiger partial charge >= 0.3 is 0 Å². The quantitative estimate of drug-likeness (QED) is 0.369. The van der Waals surface area contributed by atoms with Crippen LogP contribution in [0.15, 0.2) is 36.4 Å². The number of nitrogens with zero attached hydrogens (tertiary/aromatic N) is 4. The number of carbonyl (C=O) groups is 1. The van der Waals surface area contributed by atoms with Gasteiger partial charge in [-0.15, -0.1) is 0 Å². The molecule has 8 nitrogen and oxygen atoms in total. The Morgan fingerprint density at radius 1 is 1.31 bits per heavy atom. The highest BCUT2D eigenvalue weighted by Crippen LogP contribution is 2.34. The fourth-order valence-corrected chi connectivity index (χ4v) is 5.17. The minimum Gasteiger partial charge on any atom is -0.379 e. The molecule has 10 heteroatoms. The first kappa shape index (κ1) is 22.6. The summed E-state index contributed by atoms with van der Waals surface area (Å²) in [6, 6.07) is 9.50. The average Bonchev–Trinajstić information content (AvgIpc) is 3.21. The van der Waals surface area contributed by atoms with Gasteiger partial charge in [-0.05, 0) is 37.1 Å². The van der Waals surface area contributed by atoms with E-state index >= 15 is 0 Å². The van der Waals surface area contributed by atoms with Crippen molar-refractivity contribution in [3.05, 3.63) is 62.7 Å². The van der Waals surface area contributed by atoms with Crippen LogP contribution in [0.3, 0.4) is 0 Å². The fourth-order valence-electron chi connectivity index (χ4n) is 3.73. The molecule has 0 unspecified atom stereocenters. The third kappa shape index (κ3) is 5.07. The van der Waals surface area contributed by atoms with Gasteiger partial charge in [-0.25, -0.2) is 4.98 Å². The van der Waals surface area contributed by atoms with E-state index in [-0.39, 0.29) is 17.2 Å². The molecular weight excluding hydrogens is 452 g/mol. The third-order valence-electron chi connectivity index (χ3n) is 5.38. The maximum Gasteiger partial charge on any atom is 0.270 e. The lowest BCUT2D eigenvalue weighted by molar-refractivity contribution is -0.384. The minimum absolute atomic E-state index is 0.115. The number of hydrogen-bond acceptors (Lipinski definition) is 7.